The molecule has 0 amide bonds. The number of nitriles is 1. The van der Waals surface area contributed by atoms with E-state index in [1.54, 1.807) is 17.1 Å². The minimum Gasteiger partial charge on any atom is -0.379 e. The van der Waals surface area contributed by atoms with Gasteiger partial charge in [-0.1, -0.05) is 12.1 Å². The fourth-order valence-electron chi connectivity index (χ4n) is 1.67. The maximum Gasteiger partial charge on any atom is 0.254 e. The van der Waals surface area contributed by atoms with Crippen LogP contribution in [0.1, 0.15) is 5.56 Å². The molecule has 0 saturated carbocycles. The molecule has 2 rings (SSSR count). The molecule has 1 N–H and O–H groups in total. The first-order chi connectivity index (χ1) is 8.63. The molecule has 1 aliphatic rings. The Morgan fingerprint density at radius 1 is 1.28 bits per heavy atom. The maximum atomic E-state index is 12.1. The van der Waals surface area contributed by atoms with E-state index in [-0.39, 0.29) is 10.5 Å². The van der Waals surface area contributed by atoms with Gasteiger partial charge in [0.2, 0.25) is 0 Å². The molecule has 18 heavy (non-hydrogen) atoms. The van der Waals surface area contributed by atoms with Crippen molar-refractivity contribution in [2.24, 2.45) is 0 Å². The van der Waals surface area contributed by atoms with Gasteiger partial charge in [0.15, 0.2) is 0 Å². The number of hydrogen-bond acceptors (Lipinski definition) is 5. The Morgan fingerprint density at radius 2 is 1.94 bits per heavy atom. The molecule has 0 radical (unpaired) electrons. The third kappa shape index (κ3) is 2.86. The summed E-state index contributed by atoms with van der Waals surface area (Å²) in [5.74, 6) is 0. The normalized spacial score (nSPS) is 17.3. The van der Waals surface area contributed by atoms with Crippen molar-refractivity contribution in [2.75, 3.05) is 26.3 Å². The average molecular weight is 267 g/mol. The van der Waals surface area contributed by atoms with Gasteiger partial charge in [-0.25, -0.2) is 13.4 Å². The second kappa shape index (κ2) is 5.46. The number of rotatable bonds is 3. The van der Waals surface area contributed by atoms with Gasteiger partial charge in [0, 0.05) is 13.1 Å². The number of nitrogens with zero attached hydrogens (tertiary/aromatic N) is 2. The first kappa shape index (κ1) is 13.0. The monoisotopic (exact) mass is 267 g/mol. The van der Waals surface area contributed by atoms with Gasteiger partial charge < -0.3 is 4.74 Å². The Labute approximate surface area is 106 Å². The average Bonchev–Trinajstić information content (AvgIpc) is 2.39. The van der Waals surface area contributed by atoms with Crippen molar-refractivity contribution in [3.05, 3.63) is 29.8 Å². The number of ether oxygens (including phenoxy) is 1. The van der Waals surface area contributed by atoms with Crippen LogP contribution in [0.15, 0.2) is 29.2 Å². The molecular formula is C11H13N3O3S. The Kier molecular flexibility index (Phi) is 3.93. The van der Waals surface area contributed by atoms with Crippen LogP contribution in [0.2, 0.25) is 0 Å². The number of benzene rings is 1. The summed E-state index contributed by atoms with van der Waals surface area (Å²) in [6.45, 7) is 1.97. The number of hydrazine groups is 1. The number of sulfonamides is 1. The van der Waals surface area contributed by atoms with Gasteiger partial charge in [0.05, 0.1) is 18.8 Å². The van der Waals surface area contributed by atoms with E-state index in [9.17, 15) is 8.42 Å². The van der Waals surface area contributed by atoms with E-state index in [4.69, 9.17) is 10.00 Å². The van der Waals surface area contributed by atoms with Crippen molar-refractivity contribution in [3.63, 3.8) is 0 Å². The van der Waals surface area contributed by atoms with E-state index >= 15 is 0 Å². The summed E-state index contributed by atoms with van der Waals surface area (Å²) in [4.78, 5) is 2.46. The lowest BCUT2D eigenvalue weighted by Crippen LogP contribution is -2.48. The molecule has 1 fully saturated rings. The first-order valence-corrected chi connectivity index (χ1v) is 6.96. The lowest BCUT2D eigenvalue weighted by Gasteiger charge is -2.26. The van der Waals surface area contributed by atoms with Gasteiger partial charge in [0.25, 0.3) is 10.0 Å². The second-order valence-corrected chi connectivity index (χ2v) is 5.43. The van der Waals surface area contributed by atoms with E-state index in [1.807, 2.05) is 6.07 Å². The van der Waals surface area contributed by atoms with Crippen molar-refractivity contribution in [3.8, 4) is 6.07 Å². The predicted octanol–water partition coefficient (Wildman–Crippen LogP) is 0.0838. The molecule has 0 aromatic heterocycles. The quantitative estimate of drug-likeness (QED) is 0.839. The molecule has 96 valence electrons. The number of nitrogens with one attached hydrogen (secondary N) is 1. The van der Waals surface area contributed by atoms with E-state index in [2.05, 4.69) is 4.83 Å². The highest BCUT2D eigenvalue weighted by atomic mass is 32.2. The largest absolute Gasteiger partial charge is 0.379 e. The Morgan fingerprint density at radius 3 is 2.61 bits per heavy atom. The summed E-state index contributed by atoms with van der Waals surface area (Å²) in [7, 11) is -3.70. The van der Waals surface area contributed by atoms with Gasteiger partial charge in [-0.05, 0) is 12.1 Å². The molecule has 1 aromatic rings. The molecule has 0 atom stereocenters. The smallest absolute Gasteiger partial charge is 0.254 e. The van der Waals surface area contributed by atoms with Crippen LogP contribution in [-0.4, -0.2) is 39.7 Å². The van der Waals surface area contributed by atoms with Gasteiger partial charge in [-0.15, -0.1) is 4.83 Å². The summed E-state index contributed by atoms with van der Waals surface area (Å²) in [5.41, 5.74) is 0.137. The zero-order valence-corrected chi connectivity index (χ0v) is 10.5. The highest BCUT2D eigenvalue weighted by molar-refractivity contribution is 7.89. The van der Waals surface area contributed by atoms with Crippen LogP contribution in [0.5, 0.6) is 0 Å². The lowest BCUT2D eigenvalue weighted by atomic mass is 10.2. The highest BCUT2D eigenvalue weighted by Crippen LogP contribution is 2.14. The van der Waals surface area contributed by atoms with Crippen LogP contribution < -0.4 is 4.83 Å². The van der Waals surface area contributed by atoms with E-state index in [0.717, 1.165) is 0 Å². The van der Waals surface area contributed by atoms with Crippen LogP contribution in [0.25, 0.3) is 0 Å². The SMILES string of the molecule is N#Cc1ccccc1S(=O)(=O)NN1CCOCC1. The highest BCUT2D eigenvalue weighted by Gasteiger charge is 2.22. The Hall–Kier alpha value is -1.46. The molecule has 7 heteroatoms. The Balaban J connectivity index is 2.22. The van der Waals surface area contributed by atoms with Crippen molar-refractivity contribution < 1.29 is 13.2 Å². The minimum absolute atomic E-state index is 0.000933. The first-order valence-electron chi connectivity index (χ1n) is 5.48. The topological polar surface area (TPSA) is 82.4 Å². The van der Waals surface area contributed by atoms with Crippen molar-refractivity contribution in [1.82, 2.24) is 9.84 Å². The van der Waals surface area contributed by atoms with Crippen LogP contribution in [0, 0.1) is 11.3 Å². The molecule has 0 bridgehead atoms. The third-order valence-electron chi connectivity index (χ3n) is 2.56. The number of morpholine rings is 1. The van der Waals surface area contributed by atoms with E-state index in [1.165, 1.54) is 12.1 Å². The van der Waals surface area contributed by atoms with Gasteiger partial charge >= 0.3 is 0 Å². The summed E-state index contributed by atoms with van der Waals surface area (Å²) in [6, 6.07) is 8.00. The molecule has 1 aromatic carbocycles. The molecule has 6 nitrogen and oxygen atoms in total. The van der Waals surface area contributed by atoms with E-state index < -0.39 is 10.0 Å². The standard InChI is InChI=1S/C11H13N3O3S/c12-9-10-3-1-2-4-11(10)18(15,16)13-14-5-7-17-8-6-14/h1-4,13H,5-8H2. The fraction of sp³-hybridized carbons (Fsp3) is 0.364. The zero-order chi connectivity index (χ0) is 13.0. The molecule has 1 heterocycles. The van der Waals surface area contributed by atoms with Crippen LogP contribution in [0.3, 0.4) is 0 Å². The van der Waals surface area contributed by atoms with Crippen molar-refractivity contribution in [2.45, 2.75) is 4.90 Å². The van der Waals surface area contributed by atoms with Gasteiger partial charge in [0.1, 0.15) is 11.0 Å². The minimum atomic E-state index is -3.70. The van der Waals surface area contributed by atoms with Crippen LogP contribution in [0.4, 0.5) is 0 Å². The summed E-state index contributed by atoms with van der Waals surface area (Å²) in [6.07, 6.45) is 0. The van der Waals surface area contributed by atoms with Crippen molar-refractivity contribution in [1.29, 1.82) is 5.26 Å². The van der Waals surface area contributed by atoms with Gasteiger partial charge in [-0.2, -0.15) is 5.26 Å². The molecular weight excluding hydrogens is 254 g/mol. The fourth-order valence-corrected chi connectivity index (χ4v) is 2.95. The summed E-state index contributed by atoms with van der Waals surface area (Å²) < 4.78 is 29.4. The van der Waals surface area contributed by atoms with Crippen LogP contribution in [-0.2, 0) is 14.8 Å². The Bertz CT molecular complexity index is 559. The lowest BCUT2D eigenvalue weighted by molar-refractivity contribution is 0.0272. The van der Waals surface area contributed by atoms with Crippen molar-refractivity contribution >= 4 is 10.0 Å². The molecule has 0 spiro atoms. The summed E-state index contributed by atoms with van der Waals surface area (Å²) >= 11 is 0. The second-order valence-electron chi connectivity index (χ2n) is 3.80. The van der Waals surface area contributed by atoms with E-state index in [0.29, 0.717) is 26.3 Å². The summed E-state index contributed by atoms with van der Waals surface area (Å²) in [5, 5.41) is 10.5. The molecule has 0 aliphatic carbocycles. The molecule has 1 saturated heterocycles. The number of hydrogen-bond donors (Lipinski definition) is 1. The molecule has 1 aliphatic heterocycles. The van der Waals surface area contributed by atoms with Gasteiger partial charge in [-0.3, -0.25) is 0 Å². The van der Waals surface area contributed by atoms with Crippen LogP contribution >= 0.6 is 0 Å². The maximum absolute atomic E-state index is 12.1. The molecule has 0 unspecified atom stereocenters. The predicted molar refractivity (Wildman–Crippen MR) is 63.9 cm³/mol. The third-order valence-corrected chi connectivity index (χ3v) is 3.99. The zero-order valence-electron chi connectivity index (χ0n) is 9.67.